The second kappa shape index (κ2) is 10.5. The summed E-state index contributed by atoms with van der Waals surface area (Å²) in [7, 11) is 0. The average Bonchev–Trinajstić information content (AvgIpc) is 3.45. The number of hydrogen-bond donors (Lipinski definition) is 2. The molecular weight excluding hydrogens is 494 g/mol. The molecule has 1 unspecified atom stereocenters. The van der Waals surface area contributed by atoms with Gasteiger partial charge in [0, 0.05) is 52.9 Å². The number of pyridine rings is 2. The summed E-state index contributed by atoms with van der Waals surface area (Å²) in [6.45, 7) is 7.21. The number of nitrogens with zero attached hydrogens (tertiary/aromatic N) is 5. The van der Waals surface area contributed by atoms with Gasteiger partial charge in [0.15, 0.2) is 0 Å². The first-order valence-corrected chi connectivity index (χ1v) is 13.9. The molecule has 1 atom stereocenters. The van der Waals surface area contributed by atoms with Gasteiger partial charge in [-0.2, -0.15) is 5.10 Å². The molecule has 1 saturated heterocycles. The standard InChI is InChI=1S/C33H31N7/c1-34-30-18-31(37-29-10-7-8-25(32(29)30)27-9-3-4-13-36-27)33-26-17-23(11-12-28(26)38-39-33)24-16-22(19-35-20-24)21-40-14-5-2-6-15-40/h3-4,7-13,16-20,30,37H,1-2,5-6,14-15,21H2,(H,38,39). The molecule has 2 aromatic carbocycles. The molecular formula is C33H31N7. The highest BCUT2D eigenvalue weighted by atomic mass is 15.1. The minimum Gasteiger partial charge on any atom is -0.354 e. The van der Waals surface area contributed by atoms with Crippen LogP contribution >= 0.6 is 0 Å². The molecule has 0 bridgehead atoms. The number of piperidine rings is 1. The number of fused-ring (bicyclic) bond motifs is 2. The predicted molar refractivity (Wildman–Crippen MR) is 162 cm³/mol. The number of rotatable bonds is 6. The minimum absolute atomic E-state index is 0.227. The van der Waals surface area contributed by atoms with E-state index in [1.807, 2.05) is 42.9 Å². The van der Waals surface area contributed by atoms with Crippen LogP contribution in [0.25, 0.3) is 39.0 Å². The van der Waals surface area contributed by atoms with Gasteiger partial charge in [-0.15, -0.1) is 0 Å². The lowest BCUT2D eigenvalue weighted by molar-refractivity contribution is 0.220. The molecule has 3 aromatic heterocycles. The molecule has 2 N–H and O–H groups in total. The Morgan fingerprint density at radius 2 is 1.88 bits per heavy atom. The molecule has 7 heteroatoms. The molecule has 2 aliphatic heterocycles. The number of benzene rings is 2. The van der Waals surface area contributed by atoms with Crippen LogP contribution < -0.4 is 5.32 Å². The molecule has 1 fully saturated rings. The largest absolute Gasteiger partial charge is 0.354 e. The summed E-state index contributed by atoms with van der Waals surface area (Å²) in [5.74, 6) is 0. The van der Waals surface area contributed by atoms with E-state index in [1.165, 1.54) is 37.9 Å². The molecule has 40 heavy (non-hydrogen) atoms. The molecule has 0 aliphatic carbocycles. The molecule has 0 spiro atoms. The Morgan fingerprint density at radius 3 is 2.73 bits per heavy atom. The van der Waals surface area contributed by atoms with Crippen molar-refractivity contribution < 1.29 is 0 Å². The quantitative estimate of drug-likeness (QED) is 0.236. The van der Waals surface area contributed by atoms with Gasteiger partial charge in [0.05, 0.1) is 22.9 Å². The molecule has 7 nitrogen and oxygen atoms in total. The maximum Gasteiger partial charge on any atom is 0.116 e. The van der Waals surface area contributed by atoms with Crippen molar-refractivity contribution in [2.75, 3.05) is 18.4 Å². The number of anilines is 1. The van der Waals surface area contributed by atoms with Crippen LogP contribution in [0.15, 0.2) is 90.3 Å². The number of aromatic amines is 1. The van der Waals surface area contributed by atoms with Crippen LogP contribution in [0, 0.1) is 0 Å². The number of aliphatic imine (C=N–C) groups is 1. The van der Waals surface area contributed by atoms with Crippen LogP contribution in [-0.4, -0.2) is 44.9 Å². The lowest BCUT2D eigenvalue weighted by atomic mass is 9.92. The fraction of sp³-hybridized carbons (Fsp3) is 0.212. The number of hydrogen-bond acceptors (Lipinski definition) is 6. The first-order chi connectivity index (χ1) is 19.8. The highest BCUT2D eigenvalue weighted by Gasteiger charge is 2.25. The van der Waals surface area contributed by atoms with E-state index in [2.05, 4.69) is 79.5 Å². The molecule has 0 saturated carbocycles. The monoisotopic (exact) mass is 525 g/mol. The third kappa shape index (κ3) is 4.58. The Morgan fingerprint density at radius 1 is 0.950 bits per heavy atom. The van der Waals surface area contributed by atoms with Crippen molar-refractivity contribution in [1.29, 1.82) is 0 Å². The molecule has 5 heterocycles. The van der Waals surface area contributed by atoms with Gasteiger partial charge in [0.1, 0.15) is 5.69 Å². The van der Waals surface area contributed by atoms with E-state index in [-0.39, 0.29) is 6.04 Å². The van der Waals surface area contributed by atoms with E-state index >= 15 is 0 Å². The maximum atomic E-state index is 4.72. The van der Waals surface area contributed by atoms with Gasteiger partial charge < -0.3 is 5.32 Å². The van der Waals surface area contributed by atoms with Crippen molar-refractivity contribution in [3.05, 3.63) is 102 Å². The predicted octanol–water partition coefficient (Wildman–Crippen LogP) is 6.88. The molecule has 2 aliphatic rings. The van der Waals surface area contributed by atoms with Crippen molar-refractivity contribution in [3.8, 4) is 22.4 Å². The van der Waals surface area contributed by atoms with Gasteiger partial charge in [0.25, 0.3) is 0 Å². The Bertz CT molecular complexity index is 1710. The van der Waals surface area contributed by atoms with Crippen molar-refractivity contribution in [3.63, 3.8) is 0 Å². The summed E-state index contributed by atoms with van der Waals surface area (Å²) in [4.78, 5) is 16.2. The molecule has 0 amide bonds. The van der Waals surface area contributed by atoms with Crippen molar-refractivity contribution in [2.24, 2.45) is 4.99 Å². The molecule has 7 rings (SSSR count). The van der Waals surface area contributed by atoms with Gasteiger partial charge in [-0.25, -0.2) is 0 Å². The van der Waals surface area contributed by atoms with Crippen LogP contribution in [0.2, 0.25) is 0 Å². The zero-order valence-electron chi connectivity index (χ0n) is 22.3. The summed E-state index contributed by atoms with van der Waals surface area (Å²) in [5.41, 5.74) is 10.2. The van der Waals surface area contributed by atoms with Gasteiger partial charge in [-0.05, 0) is 86.2 Å². The maximum absolute atomic E-state index is 4.72. The van der Waals surface area contributed by atoms with Crippen LogP contribution in [0.4, 0.5) is 5.69 Å². The first-order valence-electron chi connectivity index (χ1n) is 13.9. The minimum atomic E-state index is -0.227. The average molecular weight is 526 g/mol. The second-order valence-electron chi connectivity index (χ2n) is 10.6. The summed E-state index contributed by atoms with van der Waals surface area (Å²) in [5, 5.41) is 12.6. The fourth-order valence-corrected chi connectivity index (χ4v) is 5.95. The number of H-pyrrole nitrogens is 1. The van der Waals surface area contributed by atoms with E-state index in [0.717, 1.165) is 62.5 Å². The zero-order valence-corrected chi connectivity index (χ0v) is 22.3. The number of aromatic nitrogens is 4. The second-order valence-corrected chi connectivity index (χ2v) is 10.6. The first kappa shape index (κ1) is 24.4. The summed E-state index contributed by atoms with van der Waals surface area (Å²) in [6.07, 6.45) is 11.8. The van der Waals surface area contributed by atoms with Crippen molar-refractivity contribution in [1.82, 2.24) is 25.1 Å². The summed E-state index contributed by atoms with van der Waals surface area (Å²) in [6, 6.07) is 20.6. The summed E-state index contributed by atoms with van der Waals surface area (Å²) < 4.78 is 0. The smallest absolute Gasteiger partial charge is 0.116 e. The molecule has 5 aromatic rings. The number of likely N-dealkylation sites (tertiary alicyclic amines) is 1. The highest BCUT2D eigenvalue weighted by molar-refractivity contribution is 5.97. The lowest BCUT2D eigenvalue weighted by Crippen LogP contribution is -2.29. The van der Waals surface area contributed by atoms with Crippen LogP contribution in [0.3, 0.4) is 0 Å². The van der Waals surface area contributed by atoms with E-state index in [1.54, 1.807) is 0 Å². The van der Waals surface area contributed by atoms with Gasteiger partial charge in [-0.1, -0.05) is 30.7 Å². The van der Waals surface area contributed by atoms with E-state index < -0.39 is 0 Å². The normalized spacial score (nSPS) is 17.2. The number of nitrogens with one attached hydrogen (secondary N) is 2. The Balaban J connectivity index is 1.23. The van der Waals surface area contributed by atoms with Crippen molar-refractivity contribution in [2.45, 2.75) is 31.8 Å². The van der Waals surface area contributed by atoms with E-state index in [4.69, 9.17) is 5.10 Å². The Labute approximate surface area is 233 Å². The Kier molecular flexibility index (Phi) is 6.42. The van der Waals surface area contributed by atoms with Gasteiger partial charge in [-0.3, -0.25) is 25.0 Å². The van der Waals surface area contributed by atoms with Crippen LogP contribution in [-0.2, 0) is 6.54 Å². The third-order valence-corrected chi connectivity index (χ3v) is 7.93. The highest BCUT2D eigenvalue weighted by Crippen LogP contribution is 2.42. The lowest BCUT2D eigenvalue weighted by Gasteiger charge is -2.26. The third-order valence-electron chi connectivity index (χ3n) is 7.93. The van der Waals surface area contributed by atoms with Gasteiger partial charge >= 0.3 is 0 Å². The van der Waals surface area contributed by atoms with Crippen LogP contribution in [0.5, 0.6) is 0 Å². The van der Waals surface area contributed by atoms with E-state index in [0.29, 0.717) is 0 Å². The van der Waals surface area contributed by atoms with Gasteiger partial charge in [0.2, 0.25) is 0 Å². The zero-order chi connectivity index (χ0) is 26.9. The Hall–Kier alpha value is -4.62. The van der Waals surface area contributed by atoms with Crippen LogP contribution in [0.1, 0.15) is 42.1 Å². The van der Waals surface area contributed by atoms with E-state index in [9.17, 15) is 0 Å². The topological polar surface area (TPSA) is 82.1 Å². The fourth-order valence-electron chi connectivity index (χ4n) is 5.95. The SMILES string of the molecule is C=NC1C=C(c2n[nH]c3ccc(-c4cncc(CN5CCCCC5)c4)cc23)Nc2cccc(-c3ccccn3)c21. The molecule has 0 radical (unpaired) electrons. The molecule has 198 valence electrons. The summed E-state index contributed by atoms with van der Waals surface area (Å²) >= 11 is 0. The van der Waals surface area contributed by atoms with Crippen molar-refractivity contribution >= 4 is 29.0 Å².